The summed E-state index contributed by atoms with van der Waals surface area (Å²) in [6.07, 6.45) is 6.38. The van der Waals surface area contributed by atoms with E-state index in [1.807, 2.05) is 20.8 Å². The minimum atomic E-state index is -2.39. The first-order valence-corrected chi connectivity index (χ1v) is 8.51. The monoisotopic (exact) mass is 278 g/mol. The van der Waals surface area contributed by atoms with Crippen LogP contribution in [0.25, 0.3) is 0 Å². The van der Waals surface area contributed by atoms with Crippen molar-refractivity contribution in [1.82, 2.24) is 0 Å². The van der Waals surface area contributed by atoms with Crippen molar-refractivity contribution >= 4 is 19.8 Å². The van der Waals surface area contributed by atoms with E-state index < -0.39 is 8.80 Å². The third kappa shape index (κ3) is 4.83. The first-order valence-electron chi connectivity index (χ1n) is 6.70. The fourth-order valence-electron chi connectivity index (χ4n) is 2.54. The largest absolute Gasteiger partial charge is 0.504 e. The highest BCUT2D eigenvalue weighted by Gasteiger charge is 2.48. The van der Waals surface area contributed by atoms with Crippen LogP contribution in [-0.2, 0) is 13.3 Å². The van der Waals surface area contributed by atoms with Crippen molar-refractivity contribution < 1.29 is 13.3 Å². The van der Waals surface area contributed by atoms with Crippen LogP contribution in [-0.4, -0.2) is 39.6 Å². The maximum atomic E-state index is 5.94. The van der Waals surface area contributed by atoms with Crippen molar-refractivity contribution in [1.29, 1.82) is 0 Å². The summed E-state index contributed by atoms with van der Waals surface area (Å²) >= 11 is 0. The fourth-order valence-corrected chi connectivity index (χ4v) is 5.82. The van der Waals surface area contributed by atoms with Gasteiger partial charge in [-0.1, -0.05) is 19.3 Å². The summed E-state index contributed by atoms with van der Waals surface area (Å²) in [6, 6.07) is 0. The van der Waals surface area contributed by atoms with Crippen molar-refractivity contribution in [2.45, 2.75) is 58.4 Å². The van der Waals surface area contributed by atoms with Crippen molar-refractivity contribution in [2.24, 2.45) is 0 Å². The van der Waals surface area contributed by atoms with Gasteiger partial charge in [-0.3, -0.25) is 0 Å². The van der Waals surface area contributed by atoms with Gasteiger partial charge in [0.2, 0.25) is 0 Å². The number of rotatable bonds is 7. The Morgan fingerprint density at radius 1 is 0.824 bits per heavy atom. The molecule has 3 nitrogen and oxygen atoms in total. The van der Waals surface area contributed by atoms with Gasteiger partial charge in [-0.15, -0.1) is 0 Å². The van der Waals surface area contributed by atoms with Gasteiger partial charge >= 0.3 is 8.80 Å². The van der Waals surface area contributed by atoms with E-state index >= 15 is 0 Å². The number of hydrogen-bond donors (Lipinski definition) is 0. The molecule has 104 valence electrons. The smallest absolute Gasteiger partial charge is 0.374 e. The summed E-state index contributed by atoms with van der Waals surface area (Å²) in [5, 5.41) is 0. The summed E-state index contributed by atoms with van der Waals surface area (Å²) in [5.41, 5.74) is 0.529. The van der Waals surface area contributed by atoms with E-state index in [2.05, 4.69) is 0 Å². The minimum absolute atomic E-state index is 0. The first kappa shape index (κ1) is 17.3. The van der Waals surface area contributed by atoms with Crippen LogP contribution in [0.4, 0.5) is 0 Å². The van der Waals surface area contributed by atoms with Crippen LogP contribution >= 0.6 is 0 Å². The number of hydrogen-bond acceptors (Lipinski definition) is 3. The van der Waals surface area contributed by atoms with E-state index in [9.17, 15) is 0 Å². The van der Waals surface area contributed by atoms with Gasteiger partial charge in [0.15, 0.2) is 0 Å². The molecule has 0 aromatic carbocycles. The third-order valence-corrected chi connectivity index (χ3v) is 6.79. The fraction of sp³-hybridized carbons (Fsp3) is 1.00. The molecule has 0 heterocycles. The van der Waals surface area contributed by atoms with Crippen LogP contribution in [0.1, 0.15) is 52.9 Å². The Balaban J connectivity index is 0.00000256. The molecule has 0 amide bonds. The molecule has 0 radical (unpaired) electrons. The second kappa shape index (κ2) is 9.27. The lowest BCUT2D eigenvalue weighted by Crippen LogP contribution is -2.51. The van der Waals surface area contributed by atoms with E-state index in [0.29, 0.717) is 25.4 Å². The molecule has 1 saturated carbocycles. The van der Waals surface area contributed by atoms with E-state index in [-0.39, 0.29) is 11.0 Å². The molecule has 0 aliphatic heterocycles. The lowest BCUT2D eigenvalue weighted by atomic mass is 10.0. The molecule has 0 spiro atoms. The van der Waals surface area contributed by atoms with Crippen LogP contribution in [0, 0.1) is 0 Å². The van der Waals surface area contributed by atoms with Gasteiger partial charge < -0.3 is 13.3 Å². The Labute approximate surface area is 112 Å². The zero-order valence-corrected chi connectivity index (χ0v) is 12.0. The van der Waals surface area contributed by atoms with Crippen molar-refractivity contribution in [3.8, 4) is 0 Å². The molecule has 1 aliphatic rings. The van der Waals surface area contributed by atoms with Gasteiger partial charge in [0, 0.05) is 25.4 Å². The summed E-state index contributed by atoms with van der Waals surface area (Å²) in [6.45, 7) is 8.18. The van der Waals surface area contributed by atoms with Crippen molar-refractivity contribution in [2.75, 3.05) is 19.8 Å². The molecule has 0 saturated heterocycles. The van der Waals surface area contributed by atoms with Crippen LogP contribution < -0.4 is 0 Å². The Hall–Kier alpha value is 0.314. The standard InChI is InChI=1S/C12H26O3Si.H4Si/c1-4-13-16(14-5-2,15-6-3)12-10-8-7-9-11-12;/h12H,4-11H2,1-3H3;1H4. The molecule has 1 fully saturated rings. The first-order chi connectivity index (χ1) is 7.79. The molecule has 0 N–H and O–H groups in total. The highest BCUT2D eigenvalue weighted by molar-refractivity contribution is 6.62. The topological polar surface area (TPSA) is 27.7 Å². The predicted molar refractivity (Wildman–Crippen MR) is 78.8 cm³/mol. The van der Waals surface area contributed by atoms with Crippen LogP contribution in [0.2, 0.25) is 5.54 Å². The predicted octanol–water partition coefficient (Wildman–Crippen LogP) is 1.92. The van der Waals surface area contributed by atoms with Gasteiger partial charge in [-0.25, -0.2) is 0 Å². The summed E-state index contributed by atoms with van der Waals surface area (Å²) in [7, 11) is -2.39. The Kier molecular flexibility index (Phi) is 9.44. The molecular weight excluding hydrogens is 248 g/mol. The van der Waals surface area contributed by atoms with E-state index in [1.165, 1.54) is 32.1 Å². The molecule has 17 heavy (non-hydrogen) atoms. The third-order valence-electron chi connectivity index (χ3n) is 3.14. The average Bonchev–Trinajstić information content (AvgIpc) is 2.31. The average molecular weight is 279 g/mol. The Morgan fingerprint density at radius 2 is 1.24 bits per heavy atom. The zero-order chi connectivity index (χ0) is 11.9. The molecule has 0 aromatic rings. The second-order valence-electron chi connectivity index (χ2n) is 4.24. The Bertz CT molecular complexity index is 168. The highest BCUT2D eigenvalue weighted by atomic mass is 28.4. The van der Waals surface area contributed by atoms with Crippen molar-refractivity contribution in [3.05, 3.63) is 0 Å². The van der Waals surface area contributed by atoms with E-state index in [0.717, 1.165) is 0 Å². The van der Waals surface area contributed by atoms with Gasteiger partial charge in [0.1, 0.15) is 0 Å². The lowest BCUT2D eigenvalue weighted by Gasteiger charge is -2.37. The molecule has 1 rings (SSSR count). The van der Waals surface area contributed by atoms with E-state index in [1.54, 1.807) is 0 Å². The molecule has 0 unspecified atom stereocenters. The van der Waals surface area contributed by atoms with Gasteiger partial charge in [0.05, 0.1) is 0 Å². The molecule has 0 bridgehead atoms. The van der Waals surface area contributed by atoms with Gasteiger partial charge in [-0.2, -0.15) is 0 Å². The normalized spacial score (nSPS) is 17.8. The van der Waals surface area contributed by atoms with Crippen LogP contribution in [0.3, 0.4) is 0 Å². The Morgan fingerprint density at radius 3 is 1.59 bits per heavy atom. The highest BCUT2D eigenvalue weighted by Crippen LogP contribution is 2.38. The molecule has 0 atom stereocenters. The summed E-state index contributed by atoms with van der Waals surface area (Å²) in [4.78, 5) is 0. The summed E-state index contributed by atoms with van der Waals surface area (Å²) in [5.74, 6) is 0. The second-order valence-corrected chi connectivity index (χ2v) is 7.13. The SMILES string of the molecule is CCO[Si](OCC)(OCC)C1CCCCC1.[SiH4]. The maximum Gasteiger partial charge on any atom is 0.504 e. The lowest BCUT2D eigenvalue weighted by molar-refractivity contribution is 0.0561. The summed E-state index contributed by atoms with van der Waals surface area (Å²) < 4.78 is 17.8. The molecule has 1 aliphatic carbocycles. The minimum Gasteiger partial charge on any atom is -0.374 e. The van der Waals surface area contributed by atoms with Crippen LogP contribution in [0.15, 0.2) is 0 Å². The van der Waals surface area contributed by atoms with Crippen molar-refractivity contribution in [3.63, 3.8) is 0 Å². The maximum absolute atomic E-state index is 5.94. The van der Waals surface area contributed by atoms with Crippen LogP contribution in [0.5, 0.6) is 0 Å². The molecule has 5 heteroatoms. The van der Waals surface area contributed by atoms with Gasteiger partial charge in [-0.05, 0) is 44.6 Å². The van der Waals surface area contributed by atoms with E-state index in [4.69, 9.17) is 13.3 Å². The molecular formula is C12H30O3Si2. The zero-order valence-electron chi connectivity index (χ0n) is 11.0. The molecule has 0 aromatic heterocycles. The quantitative estimate of drug-likeness (QED) is 0.666. The van der Waals surface area contributed by atoms with Gasteiger partial charge in [0.25, 0.3) is 0 Å².